The lowest BCUT2D eigenvalue weighted by atomic mass is 10.2. The molecule has 156 valence electrons. The Balaban J connectivity index is 1.87. The second kappa shape index (κ2) is 10.2. The van der Waals surface area contributed by atoms with Crippen LogP contribution < -0.4 is 10.1 Å². The first kappa shape index (κ1) is 22.6. The van der Waals surface area contributed by atoms with Crippen LogP contribution in [0.4, 0.5) is 5.69 Å². The maximum absolute atomic E-state index is 12.5. The van der Waals surface area contributed by atoms with Gasteiger partial charge in [0.2, 0.25) is 15.9 Å². The van der Waals surface area contributed by atoms with Gasteiger partial charge in [0, 0.05) is 25.2 Å². The number of nitrogens with zero attached hydrogens (tertiary/aromatic N) is 1. The normalized spacial score (nSPS) is 11.3. The third-order valence-electron chi connectivity index (χ3n) is 4.29. The average molecular weight is 419 g/mol. The van der Waals surface area contributed by atoms with Crippen LogP contribution in [-0.2, 0) is 19.6 Å². The lowest BCUT2D eigenvalue weighted by Gasteiger charge is -2.18. The molecule has 1 N–H and O–H groups in total. The Morgan fingerprint density at radius 3 is 2.07 bits per heavy atom. The first-order valence-corrected chi connectivity index (χ1v) is 10.9. The van der Waals surface area contributed by atoms with Crippen molar-refractivity contribution in [2.45, 2.75) is 38.5 Å². The molecule has 0 unspecified atom stereocenters. The van der Waals surface area contributed by atoms with E-state index in [1.165, 1.54) is 28.6 Å². The van der Waals surface area contributed by atoms with Crippen molar-refractivity contribution in [2.75, 3.05) is 18.4 Å². The quantitative estimate of drug-likeness (QED) is 0.498. The lowest BCUT2D eigenvalue weighted by molar-refractivity contribution is -0.135. The fourth-order valence-corrected chi connectivity index (χ4v) is 4.11. The topological polar surface area (TPSA) is 92.8 Å². The SMILES string of the molecule is CCN(CC)S(=O)(=O)c1ccc(NC(=O)CCC(=O)Oc2ccc(C)cc2)cc1. The zero-order chi connectivity index (χ0) is 21.4. The Morgan fingerprint density at radius 2 is 1.52 bits per heavy atom. The fraction of sp³-hybridized carbons (Fsp3) is 0.333. The van der Waals surface area contributed by atoms with E-state index >= 15 is 0 Å². The minimum absolute atomic E-state index is 0.0375. The zero-order valence-corrected chi connectivity index (χ0v) is 17.7. The Bertz CT molecular complexity index is 934. The van der Waals surface area contributed by atoms with E-state index in [0.717, 1.165) is 5.56 Å². The van der Waals surface area contributed by atoms with Gasteiger partial charge in [0.05, 0.1) is 11.3 Å². The molecule has 0 aliphatic rings. The van der Waals surface area contributed by atoms with Crippen LogP contribution in [0.5, 0.6) is 5.75 Å². The molecule has 0 spiro atoms. The second-order valence-electron chi connectivity index (χ2n) is 6.45. The Hall–Kier alpha value is -2.71. The number of carbonyl (C=O) groups is 2. The van der Waals surface area contributed by atoms with E-state index in [2.05, 4.69) is 5.32 Å². The molecule has 2 rings (SSSR count). The number of amides is 1. The number of aryl methyl sites for hydroxylation is 1. The second-order valence-corrected chi connectivity index (χ2v) is 8.39. The number of benzene rings is 2. The predicted molar refractivity (Wildman–Crippen MR) is 111 cm³/mol. The number of sulfonamides is 1. The predicted octanol–water partition coefficient (Wildman–Crippen LogP) is 3.35. The summed E-state index contributed by atoms with van der Waals surface area (Å²) in [4.78, 5) is 24.1. The van der Waals surface area contributed by atoms with Crippen molar-refractivity contribution in [2.24, 2.45) is 0 Å². The number of esters is 1. The highest BCUT2D eigenvalue weighted by atomic mass is 32.2. The molecule has 8 heteroatoms. The minimum Gasteiger partial charge on any atom is -0.427 e. The third-order valence-corrected chi connectivity index (χ3v) is 6.35. The van der Waals surface area contributed by atoms with Crippen molar-refractivity contribution < 1.29 is 22.7 Å². The van der Waals surface area contributed by atoms with Crippen molar-refractivity contribution in [3.8, 4) is 5.75 Å². The summed E-state index contributed by atoms with van der Waals surface area (Å²) in [7, 11) is -3.54. The number of ether oxygens (including phenoxy) is 1. The standard InChI is InChI=1S/C21H26N2O5S/c1-4-23(5-2)29(26,27)19-12-8-17(9-13-19)22-20(24)14-15-21(25)28-18-10-6-16(3)7-11-18/h6-13H,4-5,14-15H2,1-3H3,(H,22,24). The van der Waals surface area contributed by atoms with Crippen LogP contribution in [0.15, 0.2) is 53.4 Å². The van der Waals surface area contributed by atoms with Crippen molar-refractivity contribution in [3.05, 3.63) is 54.1 Å². The number of rotatable bonds is 9. The maximum Gasteiger partial charge on any atom is 0.311 e. The summed E-state index contributed by atoms with van der Waals surface area (Å²) in [5.74, 6) is -0.416. The first-order chi connectivity index (χ1) is 13.8. The molecule has 1 amide bonds. The molecule has 2 aromatic carbocycles. The highest BCUT2D eigenvalue weighted by Gasteiger charge is 2.21. The summed E-state index contributed by atoms with van der Waals surface area (Å²) in [6.07, 6.45) is -0.0989. The summed E-state index contributed by atoms with van der Waals surface area (Å²) in [6.45, 7) is 6.26. The smallest absolute Gasteiger partial charge is 0.311 e. The number of anilines is 1. The van der Waals surface area contributed by atoms with E-state index in [9.17, 15) is 18.0 Å². The first-order valence-electron chi connectivity index (χ1n) is 9.43. The molecular weight excluding hydrogens is 392 g/mol. The summed E-state index contributed by atoms with van der Waals surface area (Å²) in [5.41, 5.74) is 1.51. The van der Waals surface area contributed by atoms with Gasteiger partial charge in [0.1, 0.15) is 5.75 Å². The highest BCUT2D eigenvalue weighted by molar-refractivity contribution is 7.89. The van der Waals surface area contributed by atoms with Crippen LogP contribution in [-0.4, -0.2) is 37.7 Å². The van der Waals surface area contributed by atoms with Gasteiger partial charge in [-0.15, -0.1) is 0 Å². The lowest BCUT2D eigenvalue weighted by Crippen LogP contribution is -2.30. The monoisotopic (exact) mass is 418 g/mol. The van der Waals surface area contributed by atoms with E-state index in [4.69, 9.17) is 4.74 Å². The van der Waals surface area contributed by atoms with Crippen molar-refractivity contribution in [1.82, 2.24) is 4.31 Å². The molecule has 0 radical (unpaired) electrons. The van der Waals surface area contributed by atoms with Crippen LogP contribution >= 0.6 is 0 Å². The largest absolute Gasteiger partial charge is 0.427 e. The number of hydrogen-bond acceptors (Lipinski definition) is 5. The van der Waals surface area contributed by atoms with Gasteiger partial charge in [0.15, 0.2) is 0 Å². The van der Waals surface area contributed by atoms with E-state index in [-0.39, 0.29) is 23.6 Å². The molecule has 7 nitrogen and oxygen atoms in total. The Labute approximate surface area is 171 Å². The molecule has 0 bridgehead atoms. The van der Waals surface area contributed by atoms with Gasteiger partial charge in [-0.3, -0.25) is 9.59 Å². The Kier molecular flexibility index (Phi) is 7.92. The molecule has 0 aliphatic heterocycles. The number of carbonyl (C=O) groups excluding carboxylic acids is 2. The van der Waals surface area contributed by atoms with Crippen LogP contribution in [0.3, 0.4) is 0 Å². The molecule has 0 saturated heterocycles. The Morgan fingerprint density at radius 1 is 0.931 bits per heavy atom. The molecule has 0 aromatic heterocycles. The summed E-state index contributed by atoms with van der Waals surface area (Å²) in [5, 5.41) is 2.65. The van der Waals surface area contributed by atoms with Gasteiger partial charge in [-0.1, -0.05) is 31.5 Å². The molecule has 0 aliphatic carbocycles. The van der Waals surface area contributed by atoms with E-state index in [0.29, 0.717) is 24.5 Å². The van der Waals surface area contributed by atoms with Crippen molar-refractivity contribution >= 4 is 27.6 Å². The summed E-state index contributed by atoms with van der Waals surface area (Å²) in [6, 6.07) is 13.0. The number of hydrogen-bond donors (Lipinski definition) is 1. The van der Waals surface area contributed by atoms with Gasteiger partial charge < -0.3 is 10.1 Å². The number of nitrogens with one attached hydrogen (secondary N) is 1. The molecule has 0 fully saturated rings. The van der Waals surface area contributed by atoms with Gasteiger partial charge in [-0.05, 0) is 43.3 Å². The van der Waals surface area contributed by atoms with Crippen molar-refractivity contribution in [3.63, 3.8) is 0 Å². The average Bonchev–Trinajstić information content (AvgIpc) is 2.69. The van der Waals surface area contributed by atoms with Crippen LogP contribution in [0, 0.1) is 6.92 Å². The molecule has 0 saturated carbocycles. The van der Waals surface area contributed by atoms with Gasteiger partial charge in [0.25, 0.3) is 0 Å². The zero-order valence-electron chi connectivity index (χ0n) is 16.8. The maximum atomic E-state index is 12.5. The van der Waals surface area contributed by atoms with Crippen LogP contribution in [0.2, 0.25) is 0 Å². The molecule has 0 heterocycles. The van der Waals surface area contributed by atoms with Gasteiger partial charge in [-0.25, -0.2) is 8.42 Å². The molecule has 0 atom stereocenters. The van der Waals surface area contributed by atoms with E-state index < -0.39 is 16.0 Å². The fourth-order valence-electron chi connectivity index (χ4n) is 2.65. The van der Waals surface area contributed by atoms with Gasteiger partial charge in [-0.2, -0.15) is 4.31 Å². The summed E-state index contributed by atoms with van der Waals surface area (Å²) < 4.78 is 31.5. The highest BCUT2D eigenvalue weighted by Crippen LogP contribution is 2.18. The minimum atomic E-state index is -3.54. The molecule has 2 aromatic rings. The molecule has 29 heavy (non-hydrogen) atoms. The molecular formula is C21H26N2O5S. The van der Waals surface area contributed by atoms with Crippen LogP contribution in [0.25, 0.3) is 0 Å². The van der Waals surface area contributed by atoms with Gasteiger partial charge >= 0.3 is 5.97 Å². The van der Waals surface area contributed by atoms with E-state index in [1.807, 2.05) is 19.1 Å². The summed E-state index contributed by atoms with van der Waals surface area (Å²) >= 11 is 0. The van der Waals surface area contributed by atoms with Crippen molar-refractivity contribution in [1.29, 1.82) is 0 Å². The van der Waals surface area contributed by atoms with Crippen LogP contribution in [0.1, 0.15) is 32.3 Å². The van der Waals surface area contributed by atoms with E-state index in [1.54, 1.807) is 26.0 Å². The third kappa shape index (κ3) is 6.40.